The fourth-order valence-corrected chi connectivity index (χ4v) is 4.58. The van der Waals surface area contributed by atoms with Crippen molar-refractivity contribution < 1.29 is 8.42 Å². The number of allylic oxidation sites excluding steroid dienone is 2. The van der Waals surface area contributed by atoms with Crippen molar-refractivity contribution >= 4 is 48.7 Å². The summed E-state index contributed by atoms with van der Waals surface area (Å²) in [7, 11) is -3.67. The maximum Gasteiger partial charge on any atom is 0.238 e. The second-order valence-corrected chi connectivity index (χ2v) is 9.83. The average Bonchev–Trinajstić information content (AvgIpc) is 3.20. The van der Waals surface area contributed by atoms with Crippen LogP contribution in [0.3, 0.4) is 0 Å². The molecule has 2 N–H and O–H groups in total. The summed E-state index contributed by atoms with van der Waals surface area (Å²) in [5.41, 5.74) is 5.20. The molecular weight excluding hydrogens is 422 g/mol. The quantitative estimate of drug-likeness (QED) is 0.713. The first-order valence-electron chi connectivity index (χ1n) is 8.08. The Hall–Kier alpha value is -1.14. The Morgan fingerprint density at radius 3 is 2.04 bits per heavy atom. The van der Waals surface area contributed by atoms with Gasteiger partial charge in [0, 0.05) is 4.47 Å². The zero-order chi connectivity index (χ0) is 17.8. The highest BCUT2D eigenvalue weighted by molar-refractivity contribution is 9.10. The van der Waals surface area contributed by atoms with Crippen LogP contribution < -0.4 is 5.14 Å². The molecular formula is C19H17BrClNO2S. The molecule has 2 aliphatic rings. The highest BCUT2D eigenvalue weighted by Gasteiger charge is 2.48. The molecule has 0 saturated heterocycles. The van der Waals surface area contributed by atoms with Gasteiger partial charge in [-0.15, -0.1) is 0 Å². The molecule has 3 nitrogen and oxygen atoms in total. The van der Waals surface area contributed by atoms with Crippen LogP contribution in [-0.2, 0) is 10.0 Å². The van der Waals surface area contributed by atoms with Crippen molar-refractivity contribution in [3.05, 3.63) is 63.1 Å². The predicted octanol–water partition coefficient (Wildman–Crippen LogP) is 5.23. The van der Waals surface area contributed by atoms with Gasteiger partial charge >= 0.3 is 0 Å². The number of benzene rings is 2. The molecule has 0 radical (unpaired) electrons. The van der Waals surface area contributed by atoms with Crippen molar-refractivity contribution in [2.45, 2.75) is 30.6 Å². The molecule has 1 fully saturated rings. The maximum atomic E-state index is 11.5. The van der Waals surface area contributed by atoms with Gasteiger partial charge in [0.25, 0.3) is 0 Å². The van der Waals surface area contributed by atoms with E-state index in [1.54, 1.807) is 12.1 Å². The van der Waals surface area contributed by atoms with Gasteiger partial charge in [0.05, 0.1) is 9.92 Å². The molecule has 0 unspecified atom stereocenters. The van der Waals surface area contributed by atoms with Gasteiger partial charge in [0.2, 0.25) is 10.0 Å². The smallest absolute Gasteiger partial charge is 0.225 e. The van der Waals surface area contributed by atoms with Crippen LogP contribution in [0.2, 0.25) is 5.02 Å². The number of hydrogen-bond acceptors (Lipinski definition) is 2. The third-order valence-electron chi connectivity index (χ3n) is 5.22. The minimum Gasteiger partial charge on any atom is -0.225 e. The second kappa shape index (κ2) is 5.95. The molecule has 1 spiro atoms. The molecule has 2 aromatic rings. The van der Waals surface area contributed by atoms with Crippen LogP contribution in [0.1, 0.15) is 36.8 Å². The largest absolute Gasteiger partial charge is 0.238 e. The van der Waals surface area contributed by atoms with Gasteiger partial charge in [-0.1, -0.05) is 29.8 Å². The molecule has 6 heteroatoms. The van der Waals surface area contributed by atoms with Crippen molar-refractivity contribution in [1.82, 2.24) is 0 Å². The molecule has 0 heterocycles. The first kappa shape index (κ1) is 17.3. The highest BCUT2D eigenvalue weighted by Crippen LogP contribution is 2.63. The Bertz CT molecular complexity index is 993. The molecule has 1 saturated carbocycles. The van der Waals surface area contributed by atoms with E-state index in [4.69, 9.17) is 16.7 Å². The van der Waals surface area contributed by atoms with E-state index in [0.29, 0.717) is 10.4 Å². The van der Waals surface area contributed by atoms with Gasteiger partial charge in [0.1, 0.15) is 0 Å². The number of primary sulfonamides is 1. The first-order valence-corrected chi connectivity index (χ1v) is 10.8. The minimum atomic E-state index is -3.67. The van der Waals surface area contributed by atoms with Crippen LogP contribution in [0.4, 0.5) is 0 Å². The molecule has 130 valence electrons. The number of sulfonamides is 1. The van der Waals surface area contributed by atoms with Crippen LogP contribution >= 0.6 is 27.5 Å². The third-order valence-corrected chi connectivity index (χ3v) is 7.39. The summed E-state index contributed by atoms with van der Waals surface area (Å²) < 4.78 is 23.8. The van der Waals surface area contributed by atoms with Crippen LogP contribution in [0.5, 0.6) is 0 Å². The zero-order valence-corrected chi connectivity index (χ0v) is 16.6. The summed E-state index contributed by atoms with van der Waals surface area (Å²) in [5, 5.41) is 5.90. The summed E-state index contributed by atoms with van der Waals surface area (Å²) in [6.07, 6.45) is 4.58. The molecule has 4 rings (SSSR count). The Morgan fingerprint density at radius 1 is 0.960 bits per heavy atom. The monoisotopic (exact) mass is 437 g/mol. The van der Waals surface area contributed by atoms with Crippen LogP contribution in [0.25, 0.3) is 11.1 Å². The zero-order valence-electron chi connectivity index (χ0n) is 13.4. The fraction of sp³-hybridized carbons (Fsp3) is 0.263. The van der Waals surface area contributed by atoms with Gasteiger partial charge in [-0.2, -0.15) is 0 Å². The van der Waals surface area contributed by atoms with Crippen molar-refractivity contribution in [3.63, 3.8) is 0 Å². The fourth-order valence-electron chi connectivity index (χ4n) is 3.64. The molecule has 0 aromatic heterocycles. The van der Waals surface area contributed by atoms with E-state index in [2.05, 4.69) is 22.0 Å². The van der Waals surface area contributed by atoms with Crippen molar-refractivity contribution in [1.29, 1.82) is 0 Å². The van der Waals surface area contributed by atoms with Gasteiger partial charge in [-0.05, 0) is 93.6 Å². The van der Waals surface area contributed by atoms with Gasteiger partial charge in [0.15, 0.2) is 0 Å². The number of nitrogens with two attached hydrogens (primary N) is 1. The average molecular weight is 439 g/mol. The number of hydrogen-bond donors (Lipinski definition) is 1. The standard InChI is InChI=1S/C19H17BrClNO2S/c20-17-6-3-13(9-18(17)21)16-11-19(7-8-19)10-15(16)12-1-4-14(5-2-12)25(22,23)24/h1-6,9H,7-8,10-11H2,(H2,22,23,24). The second-order valence-electron chi connectivity index (χ2n) is 7.01. The lowest BCUT2D eigenvalue weighted by atomic mass is 9.97. The molecule has 0 aliphatic heterocycles. The number of halogens is 2. The lowest BCUT2D eigenvalue weighted by Crippen LogP contribution is -2.11. The lowest BCUT2D eigenvalue weighted by molar-refractivity contribution is 0.568. The topological polar surface area (TPSA) is 60.2 Å². The van der Waals surface area contributed by atoms with Crippen molar-refractivity contribution in [2.24, 2.45) is 10.6 Å². The Balaban J connectivity index is 1.79. The minimum absolute atomic E-state index is 0.143. The predicted molar refractivity (Wildman–Crippen MR) is 105 cm³/mol. The van der Waals surface area contributed by atoms with E-state index in [9.17, 15) is 8.42 Å². The summed E-state index contributed by atoms with van der Waals surface area (Å²) >= 11 is 9.74. The van der Waals surface area contributed by atoms with Gasteiger partial charge < -0.3 is 0 Å². The van der Waals surface area contributed by atoms with E-state index >= 15 is 0 Å². The normalized spacial score (nSPS) is 18.8. The summed E-state index contributed by atoms with van der Waals surface area (Å²) in [4.78, 5) is 0.143. The van der Waals surface area contributed by atoms with Crippen molar-refractivity contribution in [3.8, 4) is 0 Å². The van der Waals surface area contributed by atoms with E-state index in [1.165, 1.54) is 24.0 Å². The van der Waals surface area contributed by atoms with E-state index < -0.39 is 10.0 Å². The molecule has 2 aliphatic carbocycles. The molecule has 0 bridgehead atoms. The Labute approximate surface area is 161 Å². The first-order chi connectivity index (χ1) is 11.8. The van der Waals surface area contributed by atoms with Crippen LogP contribution in [0.15, 0.2) is 51.8 Å². The summed E-state index contributed by atoms with van der Waals surface area (Å²) in [5.74, 6) is 0. The molecule has 25 heavy (non-hydrogen) atoms. The van der Waals surface area contributed by atoms with E-state index in [1.807, 2.05) is 24.3 Å². The van der Waals surface area contributed by atoms with E-state index in [-0.39, 0.29) is 4.90 Å². The third kappa shape index (κ3) is 3.31. The van der Waals surface area contributed by atoms with E-state index in [0.717, 1.165) is 28.4 Å². The Morgan fingerprint density at radius 2 is 1.52 bits per heavy atom. The summed E-state index contributed by atoms with van der Waals surface area (Å²) in [6, 6.07) is 13.0. The van der Waals surface area contributed by atoms with Gasteiger partial charge in [-0.3, -0.25) is 0 Å². The highest BCUT2D eigenvalue weighted by atomic mass is 79.9. The molecule has 2 aromatic carbocycles. The van der Waals surface area contributed by atoms with Crippen molar-refractivity contribution in [2.75, 3.05) is 0 Å². The van der Waals surface area contributed by atoms with Gasteiger partial charge in [-0.25, -0.2) is 13.6 Å². The summed E-state index contributed by atoms with van der Waals surface area (Å²) in [6.45, 7) is 0. The van der Waals surface area contributed by atoms with Crippen LogP contribution in [-0.4, -0.2) is 8.42 Å². The lowest BCUT2D eigenvalue weighted by Gasteiger charge is -2.10. The molecule has 0 atom stereocenters. The Kier molecular flexibility index (Phi) is 4.11. The molecule has 0 amide bonds. The SMILES string of the molecule is NS(=O)(=O)c1ccc(C2=C(c3ccc(Br)c(Cl)c3)CC3(CC3)C2)cc1. The number of rotatable bonds is 3. The maximum absolute atomic E-state index is 11.5. The van der Waals surface area contributed by atoms with Crippen LogP contribution in [0, 0.1) is 5.41 Å².